The van der Waals surface area contributed by atoms with Crippen molar-refractivity contribution >= 4 is 21.0 Å². The van der Waals surface area contributed by atoms with Crippen LogP contribution in [0.2, 0.25) is 0 Å². The third-order valence-corrected chi connectivity index (χ3v) is 7.06. The van der Waals surface area contributed by atoms with E-state index >= 15 is 0 Å². The molecule has 0 fully saturated rings. The smallest absolute Gasteiger partial charge is 0.309 e. The van der Waals surface area contributed by atoms with Gasteiger partial charge in [-0.25, -0.2) is 18.1 Å². The average molecular weight is 531 g/mol. The molecule has 0 aliphatic heterocycles. The fourth-order valence-corrected chi connectivity index (χ4v) is 4.41. The number of aromatic nitrogens is 9. The van der Waals surface area contributed by atoms with Gasteiger partial charge in [-0.3, -0.25) is 4.98 Å². The minimum absolute atomic E-state index is 0.131. The lowest BCUT2D eigenvalue weighted by Gasteiger charge is -2.17. The highest BCUT2D eigenvalue weighted by molar-refractivity contribution is 7.91. The zero-order valence-corrected chi connectivity index (χ0v) is 20.0. The summed E-state index contributed by atoms with van der Waals surface area (Å²) >= 11 is 0. The topological polar surface area (TPSA) is 134 Å². The Morgan fingerprint density at radius 1 is 1.03 bits per heavy atom. The number of halogens is 5. The molecule has 0 saturated heterocycles. The van der Waals surface area contributed by atoms with Gasteiger partial charge in [0.15, 0.2) is 27.1 Å². The second-order valence-corrected chi connectivity index (χ2v) is 10.3. The van der Waals surface area contributed by atoms with Crippen molar-refractivity contribution in [1.29, 1.82) is 0 Å². The third-order valence-electron chi connectivity index (χ3n) is 5.31. The first-order valence-electron chi connectivity index (χ1n) is 10.4. The first-order valence-corrected chi connectivity index (χ1v) is 12.0. The monoisotopic (exact) mass is 531 g/mol. The number of nitrogens with zero attached hydrogens (tertiary/aromatic N) is 9. The number of hydrogen-bond donors (Lipinski definition) is 0. The average Bonchev–Trinajstić information content (AvgIpc) is 3.43. The predicted octanol–water partition coefficient (Wildman–Crippen LogP) is 3.11. The summed E-state index contributed by atoms with van der Waals surface area (Å²) in [5, 5.41) is 17.9. The second kappa shape index (κ2) is 8.49. The van der Waals surface area contributed by atoms with Crippen molar-refractivity contribution < 1.29 is 30.4 Å². The predicted molar refractivity (Wildman–Crippen MR) is 114 cm³/mol. The molecule has 11 nitrogen and oxygen atoms in total. The molecule has 192 valence electrons. The molecule has 0 aliphatic rings. The number of sulfone groups is 1. The summed E-state index contributed by atoms with van der Waals surface area (Å²) in [6.07, 6.45) is -4.58. The number of alkyl halides is 5. The molecule has 0 bridgehead atoms. The molecule has 0 amide bonds. The Morgan fingerprint density at radius 3 is 2.33 bits per heavy atom. The quantitative estimate of drug-likeness (QED) is 0.344. The van der Waals surface area contributed by atoms with Crippen LogP contribution in [-0.2, 0) is 22.8 Å². The van der Waals surface area contributed by atoms with Crippen LogP contribution < -0.4 is 0 Å². The Bertz CT molecular complexity index is 1560. The number of aryl methyl sites for hydroxylation is 1. The van der Waals surface area contributed by atoms with Crippen LogP contribution in [0.4, 0.5) is 22.0 Å². The van der Waals surface area contributed by atoms with E-state index in [0.29, 0.717) is 6.07 Å². The van der Waals surface area contributed by atoms with Gasteiger partial charge in [-0.2, -0.15) is 22.0 Å². The maximum absolute atomic E-state index is 13.8. The maximum Gasteiger partial charge on any atom is 0.459 e. The highest BCUT2D eigenvalue weighted by Gasteiger charge is 2.60. The van der Waals surface area contributed by atoms with Gasteiger partial charge in [-0.1, -0.05) is 6.92 Å². The normalized spacial score (nSPS) is 13.2. The minimum atomic E-state index is -5.89. The molecular formula is C19H18F5N9O2S. The minimum Gasteiger partial charge on any atom is -0.309 e. The van der Waals surface area contributed by atoms with Gasteiger partial charge in [0, 0.05) is 18.8 Å². The molecule has 4 aromatic rings. The van der Waals surface area contributed by atoms with Crippen molar-refractivity contribution in [3.63, 3.8) is 0 Å². The molecule has 4 heterocycles. The van der Waals surface area contributed by atoms with E-state index in [4.69, 9.17) is 0 Å². The molecule has 17 heteroatoms. The number of imidazole rings is 1. The maximum atomic E-state index is 13.8. The summed E-state index contributed by atoms with van der Waals surface area (Å²) in [4.78, 5) is 8.05. The summed E-state index contributed by atoms with van der Waals surface area (Å²) < 4.78 is 94.5. The Labute approximate surface area is 200 Å². The van der Waals surface area contributed by atoms with E-state index in [2.05, 4.69) is 35.7 Å². The third kappa shape index (κ3) is 4.06. The molecule has 0 aliphatic carbocycles. The SMILES string of the molecule is CCS(=O)(=O)c1cc(-c2nnnn2C(C)C)cnc1-c1nc2cc(C(F)(F)C(F)(F)F)nnc2n1C. The van der Waals surface area contributed by atoms with Crippen LogP contribution in [-0.4, -0.2) is 65.3 Å². The van der Waals surface area contributed by atoms with Gasteiger partial charge in [0.1, 0.15) is 16.9 Å². The number of fused-ring (bicyclic) bond motifs is 1. The van der Waals surface area contributed by atoms with E-state index in [1.54, 1.807) is 0 Å². The molecule has 0 spiro atoms. The highest BCUT2D eigenvalue weighted by Crippen LogP contribution is 2.43. The first kappa shape index (κ1) is 25.5. The van der Waals surface area contributed by atoms with Crippen LogP contribution in [0.3, 0.4) is 0 Å². The number of tetrazole rings is 1. The van der Waals surface area contributed by atoms with E-state index in [-0.39, 0.29) is 50.8 Å². The fraction of sp³-hybridized carbons (Fsp3) is 0.421. The first-order chi connectivity index (χ1) is 16.7. The van der Waals surface area contributed by atoms with Crippen molar-refractivity contribution in [2.24, 2.45) is 7.05 Å². The van der Waals surface area contributed by atoms with Crippen LogP contribution in [0.5, 0.6) is 0 Å². The zero-order chi connectivity index (χ0) is 26.6. The molecule has 0 atom stereocenters. The molecule has 0 N–H and O–H groups in total. The lowest BCUT2D eigenvalue weighted by Crippen LogP contribution is -2.34. The van der Waals surface area contributed by atoms with Crippen molar-refractivity contribution in [1.82, 2.24) is 44.9 Å². The van der Waals surface area contributed by atoms with Gasteiger partial charge < -0.3 is 4.57 Å². The lowest BCUT2D eigenvalue weighted by atomic mass is 10.2. The second-order valence-electron chi connectivity index (χ2n) is 8.02. The van der Waals surface area contributed by atoms with E-state index < -0.39 is 27.6 Å². The lowest BCUT2D eigenvalue weighted by molar-refractivity contribution is -0.291. The van der Waals surface area contributed by atoms with Crippen molar-refractivity contribution in [2.75, 3.05) is 5.75 Å². The van der Waals surface area contributed by atoms with E-state index in [0.717, 1.165) is 0 Å². The Morgan fingerprint density at radius 2 is 1.72 bits per heavy atom. The number of pyridine rings is 1. The highest BCUT2D eigenvalue weighted by atomic mass is 32.2. The van der Waals surface area contributed by atoms with Crippen molar-refractivity contribution in [3.8, 4) is 22.9 Å². The Kier molecular flexibility index (Phi) is 6.01. The molecule has 4 aromatic heterocycles. The van der Waals surface area contributed by atoms with Crippen LogP contribution in [0.1, 0.15) is 32.5 Å². The van der Waals surface area contributed by atoms with Gasteiger partial charge in [0.25, 0.3) is 0 Å². The zero-order valence-electron chi connectivity index (χ0n) is 19.2. The summed E-state index contributed by atoms with van der Waals surface area (Å²) in [5.74, 6) is -5.45. The van der Waals surface area contributed by atoms with Crippen molar-refractivity contribution in [2.45, 2.75) is 43.8 Å². The molecule has 4 rings (SSSR count). The van der Waals surface area contributed by atoms with E-state index in [1.807, 2.05) is 13.8 Å². The van der Waals surface area contributed by atoms with Gasteiger partial charge in [0.2, 0.25) is 0 Å². The van der Waals surface area contributed by atoms with Crippen LogP contribution in [0.25, 0.3) is 34.1 Å². The fourth-order valence-electron chi connectivity index (χ4n) is 3.36. The van der Waals surface area contributed by atoms with Gasteiger partial charge in [0.05, 0.1) is 16.7 Å². The molecule has 0 saturated carbocycles. The van der Waals surface area contributed by atoms with Crippen LogP contribution in [0.15, 0.2) is 23.2 Å². The van der Waals surface area contributed by atoms with Gasteiger partial charge in [-0.15, -0.1) is 15.3 Å². The Hall–Kier alpha value is -3.63. The van der Waals surface area contributed by atoms with E-state index in [9.17, 15) is 30.4 Å². The Balaban J connectivity index is 1.93. The van der Waals surface area contributed by atoms with Crippen LogP contribution in [0, 0.1) is 0 Å². The molecule has 0 radical (unpaired) electrons. The van der Waals surface area contributed by atoms with E-state index in [1.165, 1.54) is 35.5 Å². The molecule has 0 unspecified atom stereocenters. The number of hydrogen-bond acceptors (Lipinski definition) is 9. The molecular weight excluding hydrogens is 513 g/mol. The number of rotatable bonds is 6. The van der Waals surface area contributed by atoms with Crippen LogP contribution >= 0.6 is 0 Å². The molecule has 36 heavy (non-hydrogen) atoms. The van der Waals surface area contributed by atoms with Gasteiger partial charge in [-0.05, 0) is 36.4 Å². The standard InChI is InChI=1S/C19H18F5N9O2S/c1-5-36(34,35)12-6-10(15-29-30-31-33(15)9(2)3)8-25-14(12)17-26-11-7-13(18(20,21)19(22,23)24)27-28-16(11)32(17)4/h6-9H,5H2,1-4H3. The summed E-state index contributed by atoms with van der Waals surface area (Å²) in [5.41, 5.74) is -2.02. The van der Waals surface area contributed by atoms with Crippen molar-refractivity contribution in [3.05, 3.63) is 24.0 Å². The molecule has 0 aromatic carbocycles. The summed E-state index contributed by atoms with van der Waals surface area (Å²) in [6.45, 7) is 5.06. The summed E-state index contributed by atoms with van der Waals surface area (Å²) in [7, 11) is -2.55. The summed E-state index contributed by atoms with van der Waals surface area (Å²) in [6, 6.07) is 1.61. The van der Waals surface area contributed by atoms with Gasteiger partial charge >= 0.3 is 12.1 Å². The largest absolute Gasteiger partial charge is 0.459 e.